The van der Waals surface area contributed by atoms with Gasteiger partial charge >= 0.3 is 5.97 Å². The topological polar surface area (TPSA) is 30.2 Å². The van der Waals surface area contributed by atoms with Gasteiger partial charge in [0.15, 0.2) is 12.4 Å². The summed E-state index contributed by atoms with van der Waals surface area (Å²) in [4.78, 5) is 12.8. The highest BCUT2D eigenvalue weighted by molar-refractivity contribution is 5.89. The van der Waals surface area contributed by atoms with Gasteiger partial charge in [0.1, 0.15) is 13.2 Å². The standard InChI is InChI=1S/C36H62NO2.ClH/c1-4-6-8-10-12-14-16-18-20-22-24-26-28-35(39-36(38)34-30-32-37(3)33-31-34)29-27-25-23-21-19-17-15-13-11-9-7-5-2;/h6-9,30-33,35H,4-5,10-29H2,1-3H3;1H/q+1;/p-1/b8-6-,9-7-;. The lowest BCUT2D eigenvalue weighted by Gasteiger charge is -2.18. The van der Waals surface area contributed by atoms with Crippen LogP contribution in [0.3, 0.4) is 0 Å². The van der Waals surface area contributed by atoms with Gasteiger partial charge < -0.3 is 17.1 Å². The van der Waals surface area contributed by atoms with Crippen molar-refractivity contribution in [1.29, 1.82) is 0 Å². The molecule has 3 nitrogen and oxygen atoms in total. The van der Waals surface area contributed by atoms with Crippen LogP contribution in [-0.4, -0.2) is 12.1 Å². The van der Waals surface area contributed by atoms with E-state index in [0.29, 0.717) is 5.56 Å². The predicted molar refractivity (Wildman–Crippen MR) is 168 cm³/mol. The second kappa shape index (κ2) is 28.9. The van der Waals surface area contributed by atoms with E-state index in [0.717, 1.165) is 38.5 Å². The normalized spacial score (nSPS) is 11.5. The van der Waals surface area contributed by atoms with E-state index in [1.54, 1.807) is 0 Å². The van der Waals surface area contributed by atoms with Gasteiger partial charge in [-0.3, -0.25) is 0 Å². The van der Waals surface area contributed by atoms with E-state index in [-0.39, 0.29) is 24.5 Å². The molecule has 0 saturated carbocycles. The largest absolute Gasteiger partial charge is 1.00 e. The van der Waals surface area contributed by atoms with Crippen molar-refractivity contribution >= 4 is 5.97 Å². The summed E-state index contributed by atoms with van der Waals surface area (Å²) in [6.45, 7) is 4.40. The molecule has 0 aliphatic carbocycles. The summed E-state index contributed by atoms with van der Waals surface area (Å²) in [5.74, 6) is -0.164. The van der Waals surface area contributed by atoms with Gasteiger partial charge in [-0.15, -0.1) is 0 Å². The van der Waals surface area contributed by atoms with Crippen molar-refractivity contribution in [3.05, 3.63) is 54.4 Å². The van der Waals surface area contributed by atoms with Gasteiger partial charge in [0.05, 0.1) is 5.56 Å². The van der Waals surface area contributed by atoms with Crippen LogP contribution in [0.5, 0.6) is 0 Å². The molecule has 230 valence electrons. The number of hydrogen-bond acceptors (Lipinski definition) is 2. The molecule has 4 heteroatoms. The molecule has 0 aliphatic rings. The highest BCUT2D eigenvalue weighted by atomic mass is 35.5. The fourth-order valence-corrected chi connectivity index (χ4v) is 5.08. The minimum atomic E-state index is -0.164. The van der Waals surface area contributed by atoms with Crippen LogP contribution < -0.4 is 17.0 Å². The summed E-state index contributed by atoms with van der Waals surface area (Å²) in [6.07, 6.45) is 40.9. The van der Waals surface area contributed by atoms with E-state index in [1.807, 2.05) is 36.1 Å². The third-order valence-electron chi connectivity index (χ3n) is 7.59. The fourth-order valence-electron chi connectivity index (χ4n) is 5.08. The predicted octanol–water partition coefficient (Wildman–Crippen LogP) is 7.77. The summed E-state index contributed by atoms with van der Waals surface area (Å²) in [7, 11) is 1.97. The molecule has 0 atom stereocenters. The van der Waals surface area contributed by atoms with Gasteiger partial charge in [0, 0.05) is 12.1 Å². The summed E-state index contributed by atoms with van der Waals surface area (Å²) in [5.41, 5.74) is 0.661. The number of rotatable bonds is 26. The molecular formula is C36H62ClNO2. The number of carbonyl (C=O) groups excluding carboxylic acids is 1. The molecule has 1 rings (SSSR count). The van der Waals surface area contributed by atoms with E-state index in [2.05, 4.69) is 38.2 Å². The van der Waals surface area contributed by atoms with E-state index >= 15 is 0 Å². The number of unbranched alkanes of at least 4 members (excludes halogenated alkanes) is 16. The molecular weight excluding hydrogens is 514 g/mol. The van der Waals surface area contributed by atoms with Crippen LogP contribution in [0.1, 0.15) is 165 Å². The second-order valence-electron chi connectivity index (χ2n) is 11.4. The van der Waals surface area contributed by atoms with Gasteiger partial charge in [0.25, 0.3) is 0 Å². The molecule has 1 heterocycles. The maximum absolute atomic E-state index is 12.8. The van der Waals surface area contributed by atoms with Crippen LogP contribution >= 0.6 is 0 Å². The fraction of sp³-hybridized carbons (Fsp3) is 0.722. The Labute approximate surface area is 254 Å². The molecule has 0 bridgehead atoms. The van der Waals surface area contributed by atoms with Gasteiger partial charge in [-0.1, -0.05) is 115 Å². The number of aryl methyl sites for hydroxylation is 1. The molecule has 0 radical (unpaired) electrons. The van der Waals surface area contributed by atoms with Crippen LogP contribution in [-0.2, 0) is 11.8 Å². The van der Waals surface area contributed by atoms with E-state index in [4.69, 9.17) is 4.74 Å². The number of ether oxygens (including phenoxy) is 1. The van der Waals surface area contributed by atoms with Gasteiger partial charge in [-0.2, -0.15) is 0 Å². The Morgan fingerprint density at radius 3 is 1.43 bits per heavy atom. The minimum Gasteiger partial charge on any atom is -1.00 e. The number of pyridine rings is 1. The lowest BCUT2D eigenvalue weighted by Crippen LogP contribution is -3.00. The Morgan fingerprint density at radius 2 is 1.02 bits per heavy atom. The Hall–Kier alpha value is -1.61. The van der Waals surface area contributed by atoms with Crippen molar-refractivity contribution < 1.29 is 26.5 Å². The number of nitrogens with zero attached hydrogens (tertiary/aromatic N) is 1. The number of aromatic nitrogens is 1. The lowest BCUT2D eigenvalue weighted by molar-refractivity contribution is -0.671. The zero-order valence-corrected chi connectivity index (χ0v) is 27.2. The first-order chi connectivity index (χ1) is 19.2. The van der Waals surface area contributed by atoms with Crippen molar-refractivity contribution in [2.75, 3.05) is 0 Å². The van der Waals surface area contributed by atoms with E-state index < -0.39 is 0 Å². The first-order valence-corrected chi connectivity index (χ1v) is 16.6. The Morgan fingerprint density at radius 1 is 0.650 bits per heavy atom. The molecule has 0 saturated heterocycles. The minimum absolute atomic E-state index is 0. The maximum atomic E-state index is 12.8. The van der Waals surface area contributed by atoms with Crippen LogP contribution in [0.4, 0.5) is 0 Å². The monoisotopic (exact) mass is 575 g/mol. The summed E-state index contributed by atoms with van der Waals surface area (Å²) in [5, 5.41) is 0. The van der Waals surface area contributed by atoms with Crippen molar-refractivity contribution in [3.63, 3.8) is 0 Å². The number of hydrogen-bond donors (Lipinski definition) is 0. The zero-order chi connectivity index (χ0) is 28.2. The average Bonchev–Trinajstić information content (AvgIpc) is 2.94. The summed E-state index contributed by atoms with van der Waals surface area (Å²) < 4.78 is 7.96. The molecule has 0 fully saturated rings. The first kappa shape index (κ1) is 38.4. The van der Waals surface area contributed by atoms with E-state index in [9.17, 15) is 4.79 Å². The van der Waals surface area contributed by atoms with Gasteiger partial charge in [-0.05, 0) is 64.2 Å². The number of esters is 1. The zero-order valence-electron chi connectivity index (χ0n) is 26.4. The smallest absolute Gasteiger partial charge is 0.338 e. The molecule has 1 aromatic heterocycles. The second-order valence-corrected chi connectivity index (χ2v) is 11.4. The van der Waals surface area contributed by atoms with Crippen LogP contribution in [0.25, 0.3) is 0 Å². The van der Waals surface area contributed by atoms with Crippen molar-refractivity contribution in [2.24, 2.45) is 7.05 Å². The molecule has 0 spiro atoms. The molecule has 0 amide bonds. The summed E-state index contributed by atoms with van der Waals surface area (Å²) >= 11 is 0. The van der Waals surface area contributed by atoms with Crippen molar-refractivity contribution in [1.82, 2.24) is 0 Å². The number of halogens is 1. The van der Waals surface area contributed by atoms with Crippen LogP contribution in [0.15, 0.2) is 48.8 Å². The molecule has 0 aliphatic heterocycles. The Balaban J connectivity index is 0.0000152. The maximum Gasteiger partial charge on any atom is 0.338 e. The van der Waals surface area contributed by atoms with Crippen molar-refractivity contribution in [3.8, 4) is 0 Å². The molecule has 0 N–H and O–H groups in total. The highest BCUT2D eigenvalue weighted by Crippen LogP contribution is 2.19. The Bertz CT molecular complexity index is 710. The average molecular weight is 576 g/mol. The summed E-state index contributed by atoms with van der Waals surface area (Å²) in [6, 6.07) is 3.72. The number of carbonyl (C=O) groups is 1. The lowest BCUT2D eigenvalue weighted by atomic mass is 10.0. The van der Waals surface area contributed by atoms with Gasteiger partial charge in [-0.25, -0.2) is 9.36 Å². The third-order valence-corrected chi connectivity index (χ3v) is 7.59. The third kappa shape index (κ3) is 23.1. The number of allylic oxidation sites excluding steroid dienone is 4. The molecule has 0 aromatic carbocycles. The van der Waals surface area contributed by atoms with Gasteiger partial charge in [0.2, 0.25) is 0 Å². The van der Waals surface area contributed by atoms with Crippen LogP contribution in [0, 0.1) is 0 Å². The highest BCUT2D eigenvalue weighted by Gasteiger charge is 2.16. The quantitative estimate of drug-likeness (QED) is 0.0488. The molecule has 1 aromatic rings. The van der Waals surface area contributed by atoms with E-state index in [1.165, 1.54) is 103 Å². The van der Waals surface area contributed by atoms with Crippen LogP contribution in [0.2, 0.25) is 0 Å². The Kier molecular flexibility index (Phi) is 27.7. The SMILES string of the molecule is CC/C=C\CCCCCCCCCCC(CCCCCCCCCC/C=C\CC)OC(=O)c1cc[n+](C)cc1.[Cl-]. The molecule has 40 heavy (non-hydrogen) atoms. The first-order valence-electron chi connectivity index (χ1n) is 16.6. The molecule has 0 unspecified atom stereocenters. The van der Waals surface area contributed by atoms with Crippen molar-refractivity contribution in [2.45, 2.75) is 161 Å².